The fourth-order valence-corrected chi connectivity index (χ4v) is 4.69. The predicted molar refractivity (Wildman–Crippen MR) is 117 cm³/mol. The molecule has 0 saturated carbocycles. The minimum atomic E-state index is -0.366. The summed E-state index contributed by atoms with van der Waals surface area (Å²) in [6.07, 6.45) is 3.77. The highest BCUT2D eigenvalue weighted by Gasteiger charge is 2.23. The Bertz CT molecular complexity index is 1200. The number of aryl methyl sites for hydroxylation is 1. The number of aromatic nitrogens is 5. The zero-order valence-corrected chi connectivity index (χ0v) is 17.8. The minimum absolute atomic E-state index is 0.283. The molecule has 0 aliphatic carbocycles. The standard InChI is InChI=1S/C20H19ClFN7S/c1-12-23-20(30-27-12)28-9-6-14(7-10-28)24-19-25-18-16(3-2-8-29(18)26-19)15-5-4-13(22)11-17(15)21/h2-5,8,11,14H,6-7,9-10H2,1H3,(H,24,26). The number of halogens is 2. The monoisotopic (exact) mass is 443 g/mol. The van der Waals surface area contributed by atoms with Crippen molar-refractivity contribution in [3.05, 3.63) is 53.2 Å². The van der Waals surface area contributed by atoms with Crippen LogP contribution in [-0.4, -0.2) is 43.1 Å². The lowest BCUT2D eigenvalue weighted by Crippen LogP contribution is -2.39. The molecule has 4 aromatic rings. The quantitative estimate of drug-likeness (QED) is 0.503. The Morgan fingerprint density at radius 3 is 2.73 bits per heavy atom. The molecule has 0 unspecified atom stereocenters. The summed E-state index contributed by atoms with van der Waals surface area (Å²) in [5, 5.41) is 9.35. The van der Waals surface area contributed by atoms with Gasteiger partial charge in [-0.25, -0.2) is 13.9 Å². The molecule has 1 fully saturated rings. The number of fused-ring (bicyclic) bond motifs is 1. The van der Waals surface area contributed by atoms with Crippen molar-refractivity contribution in [3.8, 4) is 11.1 Å². The molecule has 1 aromatic carbocycles. The topological polar surface area (TPSA) is 71.2 Å². The van der Waals surface area contributed by atoms with Crippen molar-refractivity contribution in [2.45, 2.75) is 25.8 Å². The van der Waals surface area contributed by atoms with Gasteiger partial charge in [-0.1, -0.05) is 11.6 Å². The maximum absolute atomic E-state index is 13.4. The first-order valence-electron chi connectivity index (χ1n) is 9.69. The van der Waals surface area contributed by atoms with Gasteiger partial charge >= 0.3 is 0 Å². The van der Waals surface area contributed by atoms with Crippen molar-refractivity contribution in [2.24, 2.45) is 0 Å². The number of hydrogen-bond donors (Lipinski definition) is 1. The first-order chi connectivity index (χ1) is 14.6. The summed E-state index contributed by atoms with van der Waals surface area (Å²) in [5.74, 6) is 1.03. The molecule has 30 heavy (non-hydrogen) atoms. The molecule has 0 radical (unpaired) electrons. The van der Waals surface area contributed by atoms with Gasteiger partial charge in [-0.15, -0.1) is 5.10 Å². The summed E-state index contributed by atoms with van der Waals surface area (Å²) in [7, 11) is 0. The van der Waals surface area contributed by atoms with Gasteiger partial charge in [-0.05, 0) is 50.1 Å². The molecule has 0 bridgehead atoms. The van der Waals surface area contributed by atoms with Crippen LogP contribution in [0.25, 0.3) is 16.8 Å². The molecule has 1 saturated heterocycles. The highest BCUT2D eigenvalue weighted by atomic mass is 35.5. The van der Waals surface area contributed by atoms with E-state index in [0.717, 1.165) is 48.0 Å². The molecular weight excluding hydrogens is 425 g/mol. The van der Waals surface area contributed by atoms with E-state index in [1.807, 2.05) is 25.3 Å². The SMILES string of the molecule is Cc1nsc(N2CCC(Nc3nc4c(-c5ccc(F)cc5Cl)cccn4n3)CC2)n1. The zero-order chi connectivity index (χ0) is 20.7. The lowest BCUT2D eigenvalue weighted by molar-refractivity contribution is 0.523. The molecule has 1 aliphatic heterocycles. The lowest BCUT2D eigenvalue weighted by Gasteiger charge is -2.31. The number of nitrogens with one attached hydrogen (secondary N) is 1. The van der Waals surface area contributed by atoms with Gasteiger partial charge in [0.25, 0.3) is 0 Å². The van der Waals surface area contributed by atoms with Crippen LogP contribution in [0.5, 0.6) is 0 Å². The second-order valence-electron chi connectivity index (χ2n) is 7.28. The summed E-state index contributed by atoms with van der Waals surface area (Å²) >= 11 is 7.71. The molecule has 0 amide bonds. The second kappa shape index (κ2) is 7.81. The molecule has 0 atom stereocenters. The molecule has 7 nitrogen and oxygen atoms in total. The molecule has 154 valence electrons. The van der Waals surface area contributed by atoms with Gasteiger partial charge in [0.05, 0.1) is 5.02 Å². The summed E-state index contributed by atoms with van der Waals surface area (Å²) in [6, 6.07) is 8.44. The first-order valence-corrected chi connectivity index (χ1v) is 10.8. The predicted octanol–water partition coefficient (Wildman–Crippen LogP) is 4.43. The molecular formula is C20H19ClFN7S. The molecule has 4 heterocycles. The number of hydrogen-bond acceptors (Lipinski definition) is 7. The van der Waals surface area contributed by atoms with E-state index in [9.17, 15) is 4.39 Å². The van der Waals surface area contributed by atoms with E-state index < -0.39 is 0 Å². The van der Waals surface area contributed by atoms with Gasteiger partial charge < -0.3 is 10.2 Å². The number of rotatable bonds is 4. The van der Waals surface area contributed by atoms with Crippen LogP contribution in [0.1, 0.15) is 18.7 Å². The fraction of sp³-hybridized carbons (Fsp3) is 0.300. The molecule has 3 aromatic heterocycles. The summed E-state index contributed by atoms with van der Waals surface area (Å²) in [5.41, 5.74) is 2.21. The number of piperidine rings is 1. The van der Waals surface area contributed by atoms with E-state index in [1.165, 1.54) is 23.7 Å². The van der Waals surface area contributed by atoms with Crippen LogP contribution in [-0.2, 0) is 0 Å². The van der Waals surface area contributed by atoms with Crippen molar-refractivity contribution in [2.75, 3.05) is 23.3 Å². The largest absolute Gasteiger partial charge is 0.350 e. The average molecular weight is 444 g/mol. The number of anilines is 2. The molecule has 10 heteroatoms. The Kier molecular flexibility index (Phi) is 5.00. The van der Waals surface area contributed by atoms with Crippen LogP contribution in [0.2, 0.25) is 5.02 Å². The number of benzene rings is 1. The third kappa shape index (κ3) is 3.70. The van der Waals surface area contributed by atoms with Crippen LogP contribution in [0.4, 0.5) is 15.5 Å². The van der Waals surface area contributed by atoms with E-state index >= 15 is 0 Å². The summed E-state index contributed by atoms with van der Waals surface area (Å²) in [4.78, 5) is 11.4. The third-order valence-corrected chi connectivity index (χ3v) is 6.38. The smallest absolute Gasteiger partial charge is 0.243 e. The van der Waals surface area contributed by atoms with Crippen molar-refractivity contribution < 1.29 is 4.39 Å². The number of nitrogens with zero attached hydrogens (tertiary/aromatic N) is 6. The Morgan fingerprint density at radius 2 is 2.00 bits per heavy atom. The van der Waals surface area contributed by atoms with Gasteiger partial charge in [0.2, 0.25) is 11.1 Å². The fourth-order valence-electron chi connectivity index (χ4n) is 3.70. The van der Waals surface area contributed by atoms with Crippen LogP contribution in [0.15, 0.2) is 36.5 Å². The van der Waals surface area contributed by atoms with E-state index in [1.54, 1.807) is 10.6 Å². The molecule has 5 rings (SSSR count). The normalized spacial score (nSPS) is 15.1. The second-order valence-corrected chi connectivity index (χ2v) is 8.42. The van der Waals surface area contributed by atoms with Gasteiger partial charge in [-0.2, -0.15) is 9.36 Å². The van der Waals surface area contributed by atoms with Crippen molar-refractivity contribution in [3.63, 3.8) is 0 Å². The van der Waals surface area contributed by atoms with E-state index in [4.69, 9.17) is 11.6 Å². The Labute approximate surface area is 181 Å². The highest BCUT2D eigenvalue weighted by Crippen LogP contribution is 2.31. The highest BCUT2D eigenvalue weighted by molar-refractivity contribution is 7.09. The van der Waals surface area contributed by atoms with Crippen LogP contribution in [0, 0.1) is 12.7 Å². The summed E-state index contributed by atoms with van der Waals surface area (Å²) in [6.45, 7) is 3.74. The Hall–Kier alpha value is -2.78. The van der Waals surface area contributed by atoms with Gasteiger partial charge in [0.1, 0.15) is 11.6 Å². The van der Waals surface area contributed by atoms with E-state index in [-0.39, 0.29) is 11.9 Å². The van der Waals surface area contributed by atoms with Gasteiger partial charge in [0.15, 0.2) is 5.65 Å². The lowest BCUT2D eigenvalue weighted by atomic mass is 10.1. The van der Waals surface area contributed by atoms with Crippen molar-refractivity contribution in [1.29, 1.82) is 0 Å². The average Bonchev–Trinajstić information content (AvgIpc) is 3.34. The van der Waals surface area contributed by atoms with E-state index in [2.05, 4.69) is 29.7 Å². The minimum Gasteiger partial charge on any atom is -0.350 e. The number of pyridine rings is 1. The summed E-state index contributed by atoms with van der Waals surface area (Å²) < 4.78 is 19.4. The van der Waals surface area contributed by atoms with Crippen LogP contribution in [0.3, 0.4) is 0 Å². The van der Waals surface area contributed by atoms with Crippen LogP contribution < -0.4 is 10.2 Å². The first kappa shape index (κ1) is 19.2. The van der Waals surface area contributed by atoms with Crippen LogP contribution >= 0.6 is 23.1 Å². The molecule has 0 spiro atoms. The molecule has 1 aliphatic rings. The van der Waals surface area contributed by atoms with Crippen molar-refractivity contribution in [1.82, 2.24) is 24.0 Å². The van der Waals surface area contributed by atoms with Gasteiger partial charge in [0, 0.05) is 48.0 Å². The maximum Gasteiger partial charge on any atom is 0.243 e. The Morgan fingerprint density at radius 1 is 1.17 bits per heavy atom. The zero-order valence-electron chi connectivity index (χ0n) is 16.2. The Balaban J connectivity index is 1.34. The van der Waals surface area contributed by atoms with Crippen molar-refractivity contribution >= 4 is 39.9 Å². The van der Waals surface area contributed by atoms with Gasteiger partial charge in [-0.3, -0.25) is 0 Å². The maximum atomic E-state index is 13.4. The van der Waals surface area contributed by atoms with E-state index in [0.29, 0.717) is 16.6 Å². The third-order valence-electron chi connectivity index (χ3n) is 5.20. The molecule has 1 N–H and O–H groups in total.